The second kappa shape index (κ2) is 12.6. The van der Waals surface area contributed by atoms with Crippen molar-refractivity contribution in [1.29, 1.82) is 0 Å². The Kier molecular flexibility index (Phi) is 10.1. The lowest BCUT2D eigenvalue weighted by atomic mass is 9.44. The number of carbonyl (C=O) groups is 2. The Labute approximate surface area is 243 Å². The fourth-order valence-electron chi connectivity index (χ4n) is 10.6. The third-order valence-electron chi connectivity index (χ3n) is 12.4. The van der Waals surface area contributed by atoms with E-state index in [1.165, 1.54) is 45.4 Å². The number of esters is 2. The number of ether oxygens (including phenoxy) is 2. The van der Waals surface area contributed by atoms with Gasteiger partial charge < -0.3 is 14.6 Å². The Morgan fingerprint density at radius 2 is 1.67 bits per heavy atom. The first-order valence-electron chi connectivity index (χ1n) is 16.0. The average molecular weight is 565 g/mol. The van der Waals surface area contributed by atoms with Crippen LogP contribution in [-0.4, -0.2) is 41.6 Å². The minimum Gasteiger partial charge on any atom is -0.466 e. The molecule has 1 N–H and O–H groups in total. The van der Waals surface area contributed by atoms with Crippen LogP contribution in [0.25, 0.3) is 0 Å². The molecule has 39 heavy (non-hydrogen) atoms. The van der Waals surface area contributed by atoms with E-state index in [4.69, 9.17) is 9.47 Å². The third-order valence-corrected chi connectivity index (χ3v) is 12.7. The highest BCUT2D eigenvalue weighted by molar-refractivity contribution is 7.80. The molecule has 0 heterocycles. The number of thiol groups is 1. The average Bonchev–Trinajstić information content (AvgIpc) is 3.17. The number of hydrogen-bond acceptors (Lipinski definition) is 6. The molecular formula is C33H56O5S. The van der Waals surface area contributed by atoms with Crippen LogP contribution in [0.5, 0.6) is 0 Å². The van der Waals surface area contributed by atoms with E-state index in [1.807, 2.05) is 0 Å². The first kappa shape index (κ1) is 31.2. The van der Waals surface area contributed by atoms with Crippen LogP contribution in [0.1, 0.15) is 112 Å². The van der Waals surface area contributed by atoms with Crippen LogP contribution in [0.15, 0.2) is 0 Å². The van der Waals surface area contributed by atoms with Crippen molar-refractivity contribution >= 4 is 24.6 Å². The van der Waals surface area contributed by atoms with Crippen molar-refractivity contribution in [1.82, 2.24) is 0 Å². The Morgan fingerprint density at radius 1 is 0.949 bits per heavy atom. The lowest BCUT2D eigenvalue weighted by Crippen LogP contribution is -2.54. The minimum absolute atomic E-state index is 0.112. The molecule has 4 aliphatic carbocycles. The fraction of sp³-hybridized carbons (Fsp3) is 0.939. The monoisotopic (exact) mass is 564 g/mol. The predicted molar refractivity (Wildman–Crippen MR) is 158 cm³/mol. The quantitative estimate of drug-likeness (QED) is 0.219. The van der Waals surface area contributed by atoms with Crippen LogP contribution < -0.4 is 0 Å². The normalized spacial score (nSPS) is 41.9. The highest BCUT2D eigenvalue weighted by Gasteiger charge is 2.63. The van der Waals surface area contributed by atoms with E-state index in [2.05, 4.69) is 40.3 Å². The van der Waals surface area contributed by atoms with Crippen LogP contribution in [0, 0.1) is 58.2 Å². The predicted octanol–water partition coefficient (Wildman–Crippen LogP) is 7.10. The van der Waals surface area contributed by atoms with Gasteiger partial charge in [0.25, 0.3) is 0 Å². The number of hydrogen-bond donors (Lipinski definition) is 2. The molecular weight excluding hydrogens is 508 g/mol. The maximum Gasteiger partial charge on any atom is 0.302 e. The largest absolute Gasteiger partial charge is 0.466 e. The summed E-state index contributed by atoms with van der Waals surface area (Å²) in [6.07, 6.45) is 12.3. The van der Waals surface area contributed by atoms with Gasteiger partial charge in [0.1, 0.15) is 6.10 Å². The summed E-state index contributed by atoms with van der Waals surface area (Å²) in [6.45, 7) is 13.0. The molecule has 0 aromatic rings. The summed E-state index contributed by atoms with van der Waals surface area (Å²) < 4.78 is 10.9. The second-order valence-electron chi connectivity index (χ2n) is 14.7. The zero-order valence-corrected chi connectivity index (χ0v) is 26.4. The van der Waals surface area contributed by atoms with E-state index >= 15 is 0 Å². The van der Waals surface area contributed by atoms with E-state index in [1.54, 1.807) is 6.92 Å². The molecule has 0 spiro atoms. The van der Waals surface area contributed by atoms with Crippen molar-refractivity contribution in [2.75, 3.05) is 12.4 Å². The maximum atomic E-state index is 11.6. The Hall–Kier alpha value is -0.750. The first-order valence-corrected chi connectivity index (χ1v) is 16.6. The van der Waals surface area contributed by atoms with Gasteiger partial charge in [-0.3, -0.25) is 9.59 Å². The van der Waals surface area contributed by atoms with Crippen molar-refractivity contribution in [2.24, 2.45) is 58.2 Å². The van der Waals surface area contributed by atoms with Gasteiger partial charge >= 0.3 is 11.9 Å². The van der Waals surface area contributed by atoms with Gasteiger partial charge in [-0.25, -0.2) is 0 Å². The van der Waals surface area contributed by atoms with E-state index in [0.29, 0.717) is 29.8 Å². The number of aliphatic hydroxyl groups excluding tert-OH is 1. The smallest absolute Gasteiger partial charge is 0.302 e. The number of carbonyl (C=O) groups excluding carboxylic acids is 2. The van der Waals surface area contributed by atoms with Crippen LogP contribution in [-0.2, 0) is 19.1 Å². The molecule has 0 saturated heterocycles. The summed E-state index contributed by atoms with van der Waals surface area (Å²) >= 11 is 4.68. The summed E-state index contributed by atoms with van der Waals surface area (Å²) in [5, 5.41) is 11.4. The fourth-order valence-corrected chi connectivity index (χ4v) is 10.9. The number of rotatable bonds is 10. The van der Waals surface area contributed by atoms with Crippen molar-refractivity contribution in [2.45, 2.75) is 124 Å². The van der Waals surface area contributed by atoms with E-state index < -0.39 is 0 Å². The van der Waals surface area contributed by atoms with Gasteiger partial charge in [0.15, 0.2) is 0 Å². The van der Waals surface area contributed by atoms with Crippen molar-refractivity contribution in [3.8, 4) is 0 Å². The zero-order chi connectivity index (χ0) is 28.5. The summed E-state index contributed by atoms with van der Waals surface area (Å²) in [5.41, 5.74) is 0.637. The minimum atomic E-state index is -0.324. The molecule has 0 aliphatic heterocycles. The highest BCUT2D eigenvalue weighted by Crippen LogP contribution is 2.70. The molecule has 4 fully saturated rings. The van der Waals surface area contributed by atoms with Gasteiger partial charge in [0.2, 0.25) is 0 Å². The van der Waals surface area contributed by atoms with Crippen LogP contribution in [0.4, 0.5) is 0 Å². The molecule has 0 bridgehead atoms. The first-order chi connectivity index (χ1) is 18.4. The molecule has 4 aliphatic rings. The van der Waals surface area contributed by atoms with Crippen molar-refractivity contribution < 1.29 is 24.2 Å². The lowest BCUT2D eigenvalue weighted by Gasteiger charge is -2.61. The molecule has 12 atom stereocenters. The van der Waals surface area contributed by atoms with Crippen LogP contribution in [0.3, 0.4) is 0 Å². The lowest BCUT2D eigenvalue weighted by molar-refractivity contribution is -0.161. The molecule has 0 aromatic carbocycles. The Bertz CT molecular complexity index is 863. The number of fused-ring (bicyclic) bond motifs is 5. The molecule has 5 nitrogen and oxygen atoms in total. The number of aliphatic hydroxyl groups is 1. The Morgan fingerprint density at radius 3 is 2.33 bits per heavy atom. The molecule has 0 aromatic heterocycles. The van der Waals surface area contributed by atoms with Gasteiger partial charge in [0, 0.05) is 13.8 Å². The summed E-state index contributed by atoms with van der Waals surface area (Å²) in [4.78, 5) is 22.8. The van der Waals surface area contributed by atoms with Gasteiger partial charge in [-0.1, -0.05) is 27.7 Å². The zero-order valence-electron chi connectivity index (χ0n) is 25.5. The summed E-state index contributed by atoms with van der Waals surface area (Å²) in [5.74, 6) is 5.17. The van der Waals surface area contributed by atoms with Gasteiger partial charge in [-0.05, 0) is 135 Å². The topological polar surface area (TPSA) is 72.8 Å². The molecule has 5 unspecified atom stereocenters. The van der Waals surface area contributed by atoms with Crippen LogP contribution in [0.2, 0.25) is 0 Å². The molecule has 6 heteroatoms. The van der Waals surface area contributed by atoms with E-state index in [-0.39, 0.29) is 41.4 Å². The molecule has 4 saturated carbocycles. The Balaban J connectivity index is 1.46. The standard InChI is InChI=1S/C33H56O5S/c1-20(19-37-22(3)34)7-10-30(36)21(2)31-24(13-16-39)17-29-27-9-8-25-18-26(38-23(4)35)11-14-32(25,5)28(27)12-15-33(29,31)6/h20-21,24-31,36,39H,7-19H2,1-6H3/t20?,21-,24?,25?,26?,27-,28+,29+,30?,31+,32+,33+/m1/s1. The van der Waals surface area contributed by atoms with Crippen LogP contribution >= 0.6 is 12.6 Å². The third kappa shape index (κ3) is 6.37. The van der Waals surface area contributed by atoms with E-state index in [9.17, 15) is 14.7 Å². The summed E-state index contributed by atoms with van der Waals surface area (Å²) in [6, 6.07) is 0. The van der Waals surface area contributed by atoms with Crippen molar-refractivity contribution in [3.63, 3.8) is 0 Å². The molecule has 224 valence electrons. The molecule has 4 rings (SSSR count). The maximum absolute atomic E-state index is 11.6. The van der Waals surface area contributed by atoms with Gasteiger partial charge in [-0.2, -0.15) is 12.6 Å². The summed E-state index contributed by atoms with van der Waals surface area (Å²) in [7, 11) is 0. The van der Waals surface area contributed by atoms with E-state index in [0.717, 1.165) is 55.6 Å². The SMILES string of the molecule is CC(=O)OCC(C)CCC(O)[C@@H](C)[C@H]1C(CCS)C[C@H]2[C@@H]3CCC4CC(OC(C)=O)CC[C@]4(C)[C@H]3CC[C@]12C. The highest BCUT2D eigenvalue weighted by atomic mass is 32.1. The molecule has 0 radical (unpaired) electrons. The van der Waals surface area contributed by atoms with Gasteiger partial charge in [-0.15, -0.1) is 0 Å². The van der Waals surface area contributed by atoms with Gasteiger partial charge in [0.05, 0.1) is 12.7 Å². The molecule has 0 amide bonds. The second-order valence-corrected chi connectivity index (χ2v) is 15.1. The van der Waals surface area contributed by atoms with Crippen molar-refractivity contribution in [3.05, 3.63) is 0 Å².